The molecule has 6 heteroatoms. The van der Waals surface area contributed by atoms with Gasteiger partial charge in [0, 0.05) is 22.0 Å². The van der Waals surface area contributed by atoms with Crippen LogP contribution in [0, 0.1) is 6.92 Å². The number of nitrogens with zero attached hydrogens (tertiary/aromatic N) is 1. The van der Waals surface area contributed by atoms with Gasteiger partial charge in [-0.15, -0.1) is 11.8 Å². The van der Waals surface area contributed by atoms with Crippen molar-refractivity contribution in [3.8, 4) is 0 Å². The molecule has 1 N–H and O–H groups in total. The smallest absolute Gasteiger partial charge is 0.266 e. The number of hydrogen-bond acceptors (Lipinski definition) is 3. The Balaban J connectivity index is 1.95. The molecule has 1 spiro atoms. The van der Waals surface area contributed by atoms with Gasteiger partial charge in [0.05, 0.1) is 5.25 Å². The molecule has 2 aliphatic rings. The van der Waals surface area contributed by atoms with Crippen molar-refractivity contribution in [2.75, 3.05) is 10.2 Å². The molecule has 4 rings (SSSR count). The summed E-state index contributed by atoms with van der Waals surface area (Å²) in [7, 11) is 0. The summed E-state index contributed by atoms with van der Waals surface area (Å²) in [5, 5.41) is 3.21. The number of benzene rings is 2. The Morgan fingerprint density at radius 3 is 2.58 bits per heavy atom. The molecular weight excluding hydrogens is 344 g/mol. The van der Waals surface area contributed by atoms with Gasteiger partial charge in [-0.2, -0.15) is 0 Å². The first-order valence-corrected chi connectivity index (χ1v) is 8.89. The molecule has 0 aliphatic carbocycles. The van der Waals surface area contributed by atoms with E-state index in [2.05, 4.69) is 5.32 Å². The maximum Gasteiger partial charge on any atom is 0.266 e. The first kappa shape index (κ1) is 15.5. The van der Waals surface area contributed by atoms with Crippen molar-refractivity contribution in [3.63, 3.8) is 0 Å². The molecule has 0 radical (unpaired) electrons. The molecular formula is C18H15ClN2O2S. The SMILES string of the molecule is Cc1ccc2c(c1)[C@@]1(S[C@@H](C)C(=O)N1c1ccc(Cl)cc1)C(=O)N2. The molecule has 2 aliphatic heterocycles. The van der Waals surface area contributed by atoms with Gasteiger partial charge in [-0.05, 0) is 44.2 Å². The summed E-state index contributed by atoms with van der Waals surface area (Å²) >= 11 is 7.36. The molecule has 24 heavy (non-hydrogen) atoms. The summed E-state index contributed by atoms with van der Waals surface area (Å²) in [6.45, 7) is 3.82. The fourth-order valence-corrected chi connectivity index (χ4v) is 4.91. The van der Waals surface area contributed by atoms with Crippen LogP contribution in [0.4, 0.5) is 11.4 Å². The maximum atomic E-state index is 13.0. The third kappa shape index (κ3) is 2.01. The molecule has 0 saturated carbocycles. The molecule has 122 valence electrons. The Bertz CT molecular complexity index is 868. The Morgan fingerprint density at radius 1 is 1.17 bits per heavy atom. The van der Waals surface area contributed by atoms with Gasteiger partial charge in [0.25, 0.3) is 5.91 Å². The van der Waals surface area contributed by atoms with Crippen LogP contribution in [-0.4, -0.2) is 17.1 Å². The Hall–Kier alpha value is -1.98. The van der Waals surface area contributed by atoms with E-state index in [1.165, 1.54) is 11.8 Å². The zero-order valence-electron chi connectivity index (χ0n) is 13.2. The number of nitrogens with one attached hydrogen (secondary N) is 1. The van der Waals surface area contributed by atoms with Crippen LogP contribution in [-0.2, 0) is 14.5 Å². The van der Waals surface area contributed by atoms with E-state index in [9.17, 15) is 9.59 Å². The normalized spacial score (nSPS) is 25.3. The largest absolute Gasteiger partial charge is 0.323 e. The Morgan fingerprint density at radius 2 is 1.88 bits per heavy atom. The van der Waals surface area contributed by atoms with Crippen LogP contribution in [0.1, 0.15) is 18.1 Å². The lowest BCUT2D eigenvalue weighted by atomic mass is 10.0. The number of halogens is 1. The summed E-state index contributed by atoms with van der Waals surface area (Å²) in [5.41, 5.74) is 3.32. The lowest BCUT2D eigenvalue weighted by Gasteiger charge is -2.32. The van der Waals surface area contributed by atoms with Crippen LogP contribution in [0.25, 0.3) is 0 Å². The standard InChI is InChI=1S/C18H15ClN2O2S/c1-10-3-8-15-14(9-10)18(17(23)20-15)21(16(22)11(2)24-18)13-6-4-12(19)5-7-13/h3-9,11H,1-2H3,(H,20,23)/t11-,18+/m0/s1. The highest BCUT2D eigenvalue weighted by Crippen LogP contribution is 2.56. The first-order valence-electron chi connectivity index (χ1n) is 7.63. The molecule has 1 fully saturated rings. The molecule has 1 saturated heterocycles. The van der Waals surface area contributed by atoms with Crippen LogP contribution in [0.5, 0.6) is 0 Å². The molecule has 2 atom stereocenters. The van der Waals surface area contributed by atoms with Crippen molar-refractivity contribution >= 4 is 46.6 Å². The van der Waals surface area contributed by atoms with Gasteiger partial charge >= 0.3 is 0 Å². The molecule has 2 heterocycles. The van der Waals surface area contributed by atoms with Gasteiger partial charge < -0.3 is 5.32 Å². The minimum absolute atomic E-state index is 0.0770. The number of amides is 2. The average molecular weight is 359 g/mol. The minimum atomic E-state index is -1.06. The van der Waals surface area contributed by atoms with Gasteiger partial charge in [-0.25, -0.2) is 0 Å². The van der Waals surface area contributed by atoms with E-state index < -0.39 is 4.87 Å². The molecule has 0 aromatic heterocycles. The summed E-state index contributed by atoms with van der Waals surface area (Å²) < 4.78 is 0. The van der Waals surface area contributed by atoms with Crippen LogP contribution in [0.3, 0.4) is 0 Å². The summed E-state index contributed by atoms with van der Waals surface area (Å²) in [6, 6.07) is 12.9. The van der Waals surface area contributed by atoms with Crippen LogP contribution in [0.15, 0.2) is 42.5 Å². The number of carbonyl (C=O) groups is 2. The second kappa shape index (κ2) is 5.26. The number of anilines is 2. The van der Waals surface area contributed by atoms with E-state index in [0.717, 1.165) is 16.8 Å². The van der Waals surface area contributed by atoms with E-state index in [1.54, 1.807) is 29.2 Å². The summed E-state index contributed by atoms with van der Waals surface area (Å²) in [5.74, 6) is -0.257. The van der Waals surface area contributed by atoms with Crippen LogP contribution in [0.2, 0.25) is 5.02 Å². The van der Waals surface area contributed by atoms with E-state index in [0.29, 0.717) is 10.7 Å². The zero-order valence-corrected chi connectivity index (χ0v) is 14.7. The number of thioether (sulfide) groups is 1. The van der Waals surface area contributed by atoms with Crippen molar-refractivity contribution in [1.29, 1.82) is 0 Å². The minimum Gasteiger partial charge on any atom is -0.323 e. The van der Waals surface area contributed by atoms with Gasteiger partial charge in [0.1, 0.15) is 0 Å². The third-order valence-electron chi connectivity index (χ3n) is 4.41. The molecule has 0 bridgehead atoms. The quantitative estimate of drug-likeness (QED) is 0.840. The lowest BCUT2D eigenvalue weighted by molar-refractivity contribution is -0.122. The van der Waals surface area contributed by atoms with Crippen LogP contribution >= 0.6 is 23.4 Å². The van der Waals surface area contributed by atoms with Crippen molar-refractivity contribution in [1.82, 2.24) is 0 Å². The number of hydrogen-bond donors (Lipinski definition) is 1. The monoisotopic (exact) mass is 358 g/mol. The van der Waals surface area contributed by atoms with Crippen molar-refractivity contribution in [2.24, 2.45) is 0 Å². The predicted octanol–water partition coefficient (Wildman–Crippen LogP) is 3.92. The first-order chi connectivity index (χ1) is 11.4. The molecule has 4 nitrogen and oxygen atoms in total. The topological polar surface area (TPSA) is 49.4 Å². The number of aryl methyl sites for hydroxylation is 1. The highest BCUT2D eigenvalue weighted by atomic mass is 35.5. The highest BCUT2D eigenvalue weighted by molar-refractivity contribution is 8.03. The highest BCUT2D eigenvalue weighted by Gasteiger charge is 2.60. The fourth-order valence-electron chi connectivity index (χ4n) is 3.31. The lowest BCUT2D eigenvalue weighted by Crippen LogP contribution is -2.47. The number of rotatable bonds is 1. The molecule has 0 unspecified atom stereocenters. The summed E-state index contributed by atoms with van der Waals surface area (Å²) in [4.78, 5) is 26.4. The molecule has 2 amide bonds. The van der Waals surface area contributed by atoms with E-state index >= 15 is 0 Å². The maximum absolute atomic E-state index is 13.0. The van der Waals surface area contributed by atoms with Gasteiger partial charge in [0.15, 0.2) is 0 Å². The predicted molar refractivity (Wildman–Crippen MR) is 97.5 cm³/mol. The van der Waals surface area contributed by atoms with Gasteiger partial charge in [-0.1, -0.05) is 29.3 Å². The zero-order chi connectivity index (χ0) is 17.1. The van der Waals surface area contributed by atoms with Crippen molar-refractivity contribution < 1.29 is 9.59 Å². The second-order valence-corrected chi connectivity index (χ2v) is 8.03. The second-order valence-electron chi connectivity index (χ2n) is 6.06. The van der Waals surface area contributed by atoms with E-state index in [-0.39, 0.29) is 17.1 Å². The van der Waals surface area contributed by atoms with Crippen molar-refractivity contribution in [2.45, 2.75) is 24.0 Å². The van der Waals surface area contributed by atoms with Gasteiger partial charge in [-0.3, -0.25) is 14.5 Å². The average Bonchev–Trinajstić information content (AvgIpc) is 2.97. The molecule has 2 aromatic rings. The van der Waals surface area contributed by atoms with E-state index in [4.69, 9.17) is 11.6 Å². The van der Waals surface area contributed by atoms with E-state index in [1.807, 2.05) is 32.0 Å². The number of carbonyl (C=O) groups excluding carboxylic acids is 2. The third-order valence-corrected chi connectivity index (χ3v) is 6.15. The Kier molecular flexibility index (Phi) is 3.41. The van der Waals surface area contributed by atoms with Gasteiger partial charge in [0.2, 0.25) is 10.8 Å². The molecule has 2 aromatic carbocycles. The Labute approximate surface area is 149 Å². The fraction of sp³-hybridized carbons (Fsp3) is 0.222. The number of fused-ring (bicyclic) bond motifs is 2. The van der Waals surface area contributed by atoms with Crippen LogP contribution < -0.4 is 10.2 Å². The summed E-state index contributed by atoms with van der Waals surface area (Å²) in [6.07, 6.45) is 0. The van der Waals surface area contributed by atoms with Crippen molar-refractivity contribution in [3.05, 3.63) is 58.6 Å².